The average Bonchev–Trinajstić information content (AvgIpc) is 2.84. The first-order valence-electron chi connectivity index (χ1n) is 11.3. The first-order chi connectivity index (χ1) is 15.7. The minimum atomic E-state index is -0.257. The van der Waals surface area contributed by atoms with E-state index in [1.54, 1.807) is 12.3 Å². The quantitative estimate of drug-likeness (QED) is 0.414. The van der Waals surface area contributed by atoms with E-state index < -0.39 is 0 Å². The van der Waals surface area contributed by atoms with E-state index in [-0.39, 0.29) is 11.8 Å². The molecule has 2 aromatic carbocycles. The van der Waals surface area contributed by atoms with Crippen molar-refractivity contribution in [3.8, 4) is 0 Å². The van der Waals surface area contributed by atoms with Crippen LogP contribution in [0.4, 0.5) is 0 Å². The highest BCUT2D eigenvalue weighted by atomic mass is 16.2. The van der Waals surface area contributed by atoms with E-state index in [0.717, 1.165) is 38.5 Å². The smallest absolute Gasteiger partial charge is 0.253 e. The topological polar surface area (TPSA) is 71.1 Å². The van der Waals surface area contributed by atoms with Crippen molar-refractivity contribution in [1.82, 2.24) is 15.6 Å². The number of aryl methyl sites for hydroxylation is 2. The molecular formula is C27H31N3O2. The minimum Gasteiger partial charge on any atom is -0.352 e. The van der Waals surface area contributed by atoms with Crippen molar-refractivity contribution in [3.63, 3.8) is 0 Å². The molecule has 2 amide bonds. The predicted molar refractivity (Wildman–Crippen MR) is 128 cm³/mol. The number of carbonyl (C=O) groups is 2. The third-order valence-corrected chi connectivity index (χ3v) is 5.35. The number of benzene rings is 2. The molecule has 0 unspecified atom stereocenters. The monoisotopic (exact) mass is 429 g/mol. The van der Waals surface area contributed by atoms with Gasteiger partial charge in [-0.3, -0.25) is 14.6 Å². The Labute approximate surface area is 190 Å². The number of unbranched alkanes of at least 4 members (excludes halogenated alkanes) is 2. The zero-order valence-corrected chi connectivity index (χ0v) is 18.4. The van der Waals surface area contributed by atoms with Gasteiger partial charge in [-0.05, 0) is 55.7 Å². The van der Waals surface area contributed by atoms with E-state index in [1.807, 2.05) is 36.4 Å². The maximum absolute atomic E-state index is 12.6. The van der Waals surface area contributed by atoms with Gasteiger partial charge in [0.2, 0.25) is 0 Å². The highest BCUT2D eigenvalue weighted by Gasteiger charge is 2.16. The number of pyridine rings is 1. The summed E-state index contributed by atoms with van der Waals surface area (Å²) in [5.74, 6) is -0.492. The van der Waals surface area contributed by atoms with Gasteiger partial charge in [0.25, 0.3) is 11.8 Å². The molecule has 0 atom stereocenters. The lowest BCUT2D eigenvalue weighted by atomic mass is 10.1. The summed E-state index contributed by atoms with van der Waals surface area (Å²) in [6, 6.07) is 22.2. The fraction of sp³-hybridized carbons (Fsp3) is 0.296. The number of rotatable bonds is 12. The Morgan fingerprint density at radius 3 is 1.66 bits per heavy atom. The fourth-order valence-corrected chi connectivity index (χ4v) is 3.57. The van der Waals surface area contributed by atoms with Crippen LogP contribution in [0.25, 0.3) is 0 Å². The molecule has 5 nitrogen and oxygen atoms in total. The predicted octanol–water partition coefficient (Wildman–Crippen LogP) is 4.59. The van der Waals surface area contributed by atoms with Crippen molar-refractivity contribution in [2.45, 2.75) is 38.5 Å². The van der Waals surface area contributed by atoms with Crippen LogP contribution in [0.1, 0.15) is 57.5 Å². The summed E-state index contributed by atoms with van der Waals surface area (Å²) in [5, 5.41) is 5.84. The standard InChI is InChI=1S/C27H31N3O2/c31-26(29-18-9-7-15-22-11-3-1-4-12-22)24-17-20-28-21-25(24)27(32)30-19-10-8-16-23-13-5-2-6-14-23/h1-6,11-14,17,20-21H,7-10,15-16,18-19H2,(H,29,31)(H,30,32). The van der Waals surface area contributed by atoms with Gasteiger partial charge in [0.15, 0.2) is 0 Å². The molecule has 0 aliphatic rings. The lowest BCUT2D eigenvalue weighted by Gasteiger charge is -2.10. The molecule has 3 aromatic rings. The molecule has 0 aliphatic carbocycles. The summed E-state index contributed by atoms with van der Waals surface area (Å²) < 4.78 is 0. The van der Waals surface area contributed by atoms with Crippen molar-refractivity contribution in [3.05, 3.63) is 101 Å². The van der Waals surface area contributed by atoms with Crippen LogP contribution < -0.4 is 10.6 Å². The SMILES string of the molecule is O=C(NCCCCc1ccccc1)c1ccncc1C(=O)NCCCCc1ccccc1. The second-order valence-corrected chi connectivity index (χ2v) is 7.82. The highest BCUT2D eigenvalue weighted by Crippen LogP contribution is 2.09. The lowest BCUT2D eigenvalue weighted by Crippen LogP contribution is -2.30. The maximum Gasteiger partial charge on any atom is 0.253 e. The fourth-order valence-electron chi connectivity index (χ4n) is 3.57. The largest absolute Gasteiger partial charge is 0.352 e. The Kier molecular flexibility index (Phi) is 9.46. The average molecular weight is 430 g/mol. The highest BCUT2D eigenvalue weighted by molar-refractivity contribution is 6.06. The molecule has 1 aromatic heterocycles. The number of nitrogens with zero attached hydrogens (tertiary/aromatic N) is 1. The molecule has 2 N–H and O–H groups in total. The Morgan fingerprint density at radius 1 is 0.625 bits per heavy atom. The third-order valence-electron chi connectivity index (χ3n) is 5.35. The van der Waals surface area contributed by atoms with Crippen LogP contribution in [0.5, 0.6) is 0 Å². The van der Waals surface area contributed by atoms with Crippen LogP contribution >= 0.6 is 0 Å². The van der Waals surface area contributed by atoms with Gasteiger partial charge < -0.3 is 10.6 Å². The normalized spacial score (nSPS) is 10.5. The Morgan fingerprint density at radius 2 is 1.12 bits per heavy atom. The van der Waals surface area contributed by atoms with Crippen LogP contribution in [0.3, 0.4) is 0 Å². The Balaban J connectivity index is 1.39. The molecule has 0 bridgehead atoms. The summed E-state index contributed by atoms with van der Waals surface area (Å²) in [4.78, 5) is 29.3. The molecule has 0 fully saturated rings. The van der Waals surface area contributed by atoms with Gasteiger partial charge in [0, 0.05) is 25.5 Å². The van der Waals surface area contributed by atoms with Crippen LogP contribution in [0, 0.1) is 0 Å². The lowest BCUT2D eigenvalue weighted by molar-refractivity contribution is 0.0918. The van der Waals surface area contributed by atoms with Gasteiger partial charge in [-0.25, -0.2) is 0 Å². The summed E-state index contributed by atoms with van der Waals surface area (Å²) >= 11 is 0. The third kappa shape index (κ3) is 7.65. The van der Waals surface area contributed by atoms with Crippen molar-refractivity contribution < 1.29 is 9.59 Å². The molecule has 3 rings (SSSR count). The van der Waals surface area contributed by atoms with Gasteiger partial charge in [-0.15, -0.1) is 0 Å². The molecule has 0 saturated heterocycles. The van der Waals surface area contributed by atoms with Gasteiger partial charge in [-0.2, -0.15) is 0 Å². The van der Waals surface area contributed by atoms with Crippen molar-refractivity contribution in [2.75, 3.05) is 13.1 Å². The van der Waals surface area contributed by atoms with E-state index in [1.165, 1.54) is 17.3 Å². The number of hydrogen-bond acceptors (Lipinski definition) is 3. The summed E-state index contributed by atoms with van der Waals surface area (Å²) in [5.41, 5.74) is 3.28. The van der Waals surface area contributed by atoms with Crippen molar-refractivity contribution in [2.24, 2.45) is 0 Å². The Bertz CT molecular complexity index is 894. The van der Waals surface area contributed by atoms with Gasteiger partial charge in [-0.1, -0.05) is 60.7 Å². The zero-order chi connectivity index (χ0) is 22.4. The molecular weight excluding hydrogens is 398 g/mol. The van der Waals surface area contributed by atoms with E-state index >= 15 is 0 Å². The minimum absolute atomic E-state index is 0.235. The van der Waals surface area contributed by atoms with E-state index in [2.05, 4.69) is 39.9 Å². The number of amides is 2. The van der Waals surface area contributed by atoms with E-state index in [9.17, 15) is 9.59 Å². The molecule has 0 spiro atoms. The summed E-state index contributed by atoms with van der Waals surface area (Å²) in [6.45, 7) is 1.15. The van der Waals surface area contributed by atoms with Crippen molar-refractivity contribution in [1.29, 1.82) is 0 Å². The molecule has 0 radical (unpaired) electrons. The van der Waals surface area contributed by atoms with Crippen LogP contribution in [0.15, 0.2) is 79.1 Å². The van der Waals surface area contributed by atoms with Crippen LogP contribution in [-0.4, -0.2) is 29.9 Å². The zero-order valence-electron chi connectivity index (χ0n) is 18.4. The van der Waals surface area contributed by atoms with Crippen molar-refractivity contribution >= 4 is 11.8 Å². The molecule has 166 valence electrons. The number of carbonyl (C=O) groups excluding carboxylic acids is 2. The van der Waals surface area contributed by atoms with Crippen LogP contribution in [-0.2, 0) is 12.8 Å². The molecule has 1 heterocycles. The Hall–Kier alpha value is -3.47. The second kappa shape index (κ2) is 13.1. The molecule has 0 saturated carbocycles. The number of aromatic nitrogens is 1. The van der Waals surface area contributed by atoms with E-state index in [4.69, 9.17) is 0 Å². The first-order valence-corrected chi connectivity index (χ1v) is 11.3. The number of nitrogens with one attached hydrogen (secondary N) is 2. The van der Waals surface area contributed by atoms with E-state index in [0.29, 0.717) is 24.2 Å². The van der Waals surface area contributed by atoms with Gasteiger partial charge in [0.05, 0.1) is 11.1 Å². The molecule has 0 aliphatic heterocycles. The molecule has 32 heavy (non-hydrogen) atoms. The van der Waals surface area contributed by atoms with Crippen LogP contribution in [0.2, 0.25) is 0 Å². The second-order valence-electron chi connectivity index (χ2n) is 7.82. The first kappa shape index (κ1) is 23.2. The summed E-state index contributed by atoms with van der Waals surface area (Å²) in [7, 11) is 0. The van der Waals surface area contributed by atoms with Gasteiger partial charge in [0.1, 0.15) is 0 Å². The number of hydrogen-bond donors (Lipinski definition) is 2. The maximum atomic E-state index is 12.6. The summed E-state index contributed by atoms with van der Waals surface area (Å²) in [6.07, 6.45) is 8.74. The van der Waals surface area contributed by atoms with Gasteiger partial charge >= 0.3 is 0 Å². The molecule has 5 heteroatoms.